The van der Waals surface area contributed by atoms with Crippen LogP contribution in [0.4, 0.5) is 0 Å². The second kappa shape index (κ2) is 7.67. The third kappa shape index (κ3) is 6.64. The Morgan fingerprint density at radius 2 is 2.00 bits per heavy atom. The third-order valence-electron chi connectivity index (χ3n) is 2.75. The van der Waals surface area contributed by atoms with E-state index in [1.165, 1.54) is 0 Å². The highest BCUT2D eigenvalue weighted by Crippen LogP contribution is 2.25. The van der Waals surface area contributed by atoms with Gasteiger partial charge in [0.2, 0.25) is 5.91 Å². The van der Waals surface area contributed by atoms with Crippen LogP contribution in [-0.4, -0.2) is 44.2 Å². The Hall–Kier alpha value is -0.610. The lowest BCUT2D eigenvalue weighted by Crippen LogP contribution is -2.42. The maximum absolute atomic E-state index is 12.3. The third-order valence-corrected chi connectivity index (χ3v) is 2.75. The lowest BCUT2D eigenvalue weighted by Gasteiger charge is -2.29. The van der Waals surface area contributed by atoms with Gasteiger partial charge in [0.25, 0.3) is 0 Å². The number of nitrogens with zero attached hydrogens (tertiary/aromatic N) is 1. The van der Waals surface area contributed by atoms with Crippen LogP contribution in [0.25, 0.3) is 0 Å². The zero-order valence-corrected chi connectivity index (χ0v) is 12.0. The minimum atomic E-state index is -0.0770. The number of rotatable bonds is 7. The molecule has 1 atom stereocenters. The fourth-order valence-electron chi connectivity index (χ4n) is 1.89. The van der Waals surface area contributed by atoms with Crippen LogP contribution in [0.5, 0.6) is 0 Å². The normalized spacial score (nSPS) is 13.5. The first kappa shape index (κ1) is 16.4. The number of hydrogen-bond donors (Lipinski definition) is 1. The molecule has 1 amide bonds. The standard InChI is InChI=1S/C13H28N2O2/c1-6-15(7-8-17-5)12(16)11(10-14)9-13(2,3)4/h11H,6-10,14H2,1-5H3. The summed E-state index contributed by atoms with van der Waals surface area (Å²) in [5.74, 6) is 0.0776. The SMILES string of the molecule is CCN(CCOC)C(=O)C(CN)CC(C)(C)C. The first-order valence-corrected chi connectivity index (χ1v) is 6.33. The van der Waals surface area contributed by atoms with Gasteiger partial charge in [-0.1, -0.05) is 20.8 Å². The highest BCUT2D eigenvalue weighted by molar-refractivity contribution is 5.79. The fourth-order valence-corrected chi connectivity index (χ4v) is 1.89. The van der Waals surface area contributed by atoms with Crippen LogP contribution in [0.1, 0.15) is 34.1 Å². The molecule has 4 nitrogen and oxygen atoms in total. The molecule has 0 aliphatic rings. The van der Waals surface area contributed by atoms with Gasteiger partial charge in [0.05, 0.1) is 12.5 Å². The van der Waals surface area contributed by atoms with Gasteiger partial charge in [-0.15, -0.1) is 0 Å². The minimum Gasteiger partial charge on any atom is -0.383 e. The van der Waals surface area contributed by atoms with E-state index in [1.54, 1.807) is 7.11 Å². The van der Waals surface area contributed by atoms with E-state index in [1.807, 2.05) is 11.8 Å². The van der Waals surface area contributed by atoms with E-state index in [0.717, 1.165) is 6.42 Å². The number of methoxy groups -OCH3 is 1. The predicted octanol–water partition coefficient (Wildman–Crippen LogP) is 1.49. The monoisotopic (exact) mass is 244 g/mol. The van der Waals surface area contributed by atoms with Gasteiger partial charge in [0, 0.05) is 26.7 Å². The van der Waals surface area contributed by atoms with Crippen LogP contribution in [-0.2, 0) is 9.53 Å². The zero-order valence-electron chi connectivity index (χ0n) is 12.0. The maximum atomic E-state index is 12.3. The van der Waals surface area contributed by atoms with Crippen molar-refractivity contribution in [3.8, 4) is 0 Å². The molecule has 1 unspecified atom stereocenters. The van der Waals surface area contributed by atoms with Crippen LogP contribution >= 0.6 is 0 Å². The molecule has 4 heteroatoms. The van der Waals surface area contributed by atoms with Crippen molar-refractivity contribution in [2.45, 2.75) is 34.1 Å². The average molecular weight is 244 g/mol. The number of ether oxygens (including phenoxy) is 1. The summed E-state index contributed by atoms with van der Waals surface area (Å²) >= 11 is 0. The molecule has 0 bridgehead atoms. The summed E-state index contributed by atoms with van der Waals surface area (Å²) < 4.78 is 5.01. The van der Waals surface area contributed by atoms with E-state index in [0.29, 0.717) is 26.2 Å². The Morgan fingerprint density at radius 1 is 1.41 bits per heavy atom. The molecule has 102 valence electrons. The molecule has 0 aromatic carbocycles. The van der Waals surface area contributed by atoms with E-state index < -0.39 is 0 Å². The number of amides is 1. The molecule has 0 radical (unpaired) electrons. The van der Waals surface area contributed by atoms with Crippen LogP contribution in [0.2, 0.25) is 0 Å². The highest BCUT2D eigenvalue weighted by atomic mass is 16.5. The average Bonchev–Trinajstić information content (AvgIpc) is 2.25. The van der Waals surface area contributed by atoms with E-state index in [9.17, 15) is 4.79 Å². The Bertz CT molecular complexity index is 224. The second-order valence-electron chi connectivity index (χ2n) is 5.61. The molecule has 0 aliphatic carbocycles. The predicted molar refractivity (Wildman–Crippen MR) is 70.7 cm³/mol. The smallest absolute Gasteiger partial charge is 0.227 e. The van der Waals surface area contributed by atoms with E-state index in [-0.39, 0.29) is 17.2 Å². The topological polar surface area (TPSA) is 55.6 Å². The fraction of sp³-hybridized carbons (Fsp3) is 0.923. The van der Waals surface area contributed by atoms with Gasteiger partial charge in [0.15, 0.2) is 0 Å². The molecule has 0 aromatic heterocycles. The van der Waals surface area contributed by atoms with Crippen LogP contribution in [0.15, 0.2) is 0 Å². The summed E-state index contributed by atoms with van der Waals surface area (Å²) in [4.78, 5) is 14.1. The summed E-state index contributed by atoms with van der Waals surface area (Å²) in [7, 11) is 1.65. The molecule has 0 rings (SSSR count). The number of hydrogen-bond acceptors (Lipinski definition) is 3. The number of nitrogens with two attached hydrogens (primary N) is 1. The summed E-state index contributed by atoms with van der Waals surface area (Å²) in [5, 5.41) is 0. The van der Waals surface area contributed by atoms with Crippen molar-refractivity contribution in [2.24, 2.45) is 17.1 Å². The zero-order chi connectivity index (χ0) is 13.5. The Labute approximate surface area is 105 Å². The summed E-state index contributed by atoms with van der Waals surface area (Å²) in [5.41, 5.74) is 5.85. The second-order valence-corrected chi connectivity index (χ2v) is 5.61. The van der Waals surface area contributed by atoms with E-state index in [2.05, 4.69) is 20.8 Å². The largest absolute Gasteiger partial charge is 0.383 e. The van der Waals surface area contributed by atoms with Gasteiger partial charge in [0.1, 0.15) is 0 Å². The van der Waals surface area contributed by atoms with Crippen LogP contribution in [0, 0.1) is 11.3 Å². The molecule has 0 aromatic rings. The molecular weight excluding hydrogens is 216 g/mol. The number of likely N-dealkylation sites (N-methyl/N-ethyl adjacent to an activating group) is 1. The molecule has 0 spiro atoms. The lowest BCUT2D eigenvalue weighted by molar-refractivity contribution is -0.136. The van der Waals surface area contributed by atoms with Crippen molar-refractivity contribution < 1.29 is 9.53 Å². The first-order valence-electron chi connectivity index (χ1n) is 6.33. The molecule has 2 N–H and O–H groups in total. The van der Waals surface area contributed by atoms with Crippen molar-refractivity contribution in [3.63, 3.8) is 0 Å². The molecule has 0 saturated heterocycles. The van der Waals surface area contributed by atoms with Gasteiger partial charge in [-0.05, 0) is 18.8 Å². The van der Waals surface area contributed by atoms with Gasteiger partial charge in [-0.3, -0.25) is 4.79 Å². The number of carbonyl (C=O) groups excluding carboxylic acids is 1. The quantitative estimate of drug-likeness (QED) is 0.738. The Kier molecular flexibility index (Phi) is 7.39. The molecule has 0 heterocycles. The van der Waals surface area contributed by atoms with E-state index in [4.69, 9.17) is 10.5 Å². The maximum Gasteiger partial charge on any atom is 0.227 e. The van der Waals surface area contributed by atoms with Gasteiger partial charge in [-0.25, -0.2) is 0 Å². The minimum absolute atomic E-state index is 0.0770. The lowest BCUT2D eigenvalue weighted by atomic mass is 9.84. The van der Waals surface area contributed by atoms with Crippen molar-refractivity contribution in [1.29, 1.82) is 0 Å². The first-order chi connectivity index (χ1) is 7.85. The van der Waals surface area contributed by atoms with Crippen molar-refractivity contribution in [1.82, 2.24) is 4.90 Å². The van der Waals surface area contributed by atoms with Gasteiger partial charge in [-0.2, -0.15) is 0 Å². The highest BCUT2D eigenvalue weighted by Gasteiger charge is 2.26. The van der Waals surface area contributed by atoms with Crippen molar-refractivity contribution in [2.75, 3.05) is 33.4 Å². The molecule has 0 saturated carbocycles. The van der Waals surface area contributed by atoms with Crippen molar-refractivity contribution in [3.05, 3.63) is 0 Å². The van der Waals surface area contributed by atoms with Gasteiger partial charge >= 0.3 is 0 Å². The molecule has 17 heavy (non-hydrogen) atoms. The molecular formula is C13H28N2O2. The van der Waals surface area contributed by atoms with E-state index >= 15 is 0 Å². The van der Waals surface area contributed by atoms with Crippen molar-refractivity contribution >= 4 is 5.91 Å². The summed E-state index contributed by atoms with van der Waals surface area (Å²) in [6.07, 6.45) is 0.825. The summed E-state index contributed by atoms with van der Waals surface area (Å²) in [6, 6.07) is 0. The molecule has 0 fully saturated rings. The van der Waals surface area contributed by atoms with Gasteiger partial charge < -0.3 is 15.4 Å². The molecule has 0 aliphatic heterocycles. The summed E-state index contributed by atoms with van der Waals surface area (Å²) in [6.45, 7) is 10.7. The Balaban J connectivity index is 4.48. The number of carbonyl (C=O) groups is 1. The Morgan fingerprint density at radius 3 is 2.35 bits per heavy atom. The van der Waals surface area contributed by atoms with Crippen LogP contribution < -0.4 is 5.73 Å². The van der Waals surface area contributed by atoms with Crippen LogP contribution in [0.3, 0.4) is 0 Å².